The van der Waals surface area contributed by atoms with Crippen LogP contribution in [-0.4, -0.2) is 88.1 Å². The summed E-state index contributed by atoms with van der Waals surface area (Å²) in [5, 5.41) is 0.564. The first-order chi connectivity index (χ1) is 17.1. The minimum absolute atomic E-state index is 0. The molecule has 4 rings (SSSR count). The van der Waals surface area contributed by atoms with Crippen LogP contribution in [0.3, 0.4) is 0 Å². The quantitative estimate of drug-likeness (QED) is 0.409. The van der Waals surface area contributed by atoms with E-state index in [1.165, 1.54) is 27.8 Å². The number of amides is 1. The molecule has 2 unspecified atom stereocenters. The van der Waals surface area contributed by atoms with Gasteiger partial charge in [0.25, 0.3) is 5.91 Å². The van der Waals surface area contributed by atoms with Gasteiger partial charge in [-0.1, -0.05) is 17.4 Å². The average Bonchev–Trinajstić information content (AvgIpc) is 3.27. The predicted molar refractivity (Wildman–Crippen MR) is 149 cm³/mol. The van der Waals surface area contributed by atoms with Crippen LogP contribution in [0.4, 0.5) is 5.13 Å². The Morgan fingerprint density at radius 2 is 1.76 bits per heavy atom. The summed E-state index contributed by atoms with van der Waals surface area (Å²) in [7, 11) is 1.79. The largest absolute Gasteiger partial charge is 0.494 e. The van der Waals surface area contributed by atoms with Gasteiger partial charge in [0.15, 0.2) is 5.13 Å². The van der Waals surface area contributed by atoms with E-state index < -0.39 is 10.0 Å². The number of fused-ring (bicyclic) bond motifs is 1. The lowest BCUT2D eigenvalue weighted by Crippen LogP contribution is -2.48. The second-order valence-electron chi connectivity index (χ2n) is 9.17. The zero-order chi connectivity index (χ0) is 26.0. The van der Waals surface area contributed by atoms with Crippen LogP contribution in [0, 0.1) is 0 Å². The third-order valence-corrected chi connectivity index (χ3v) is 8.85. The number of nitrogens with zero attached hydrogens (tertiary/aromatic N) is 4. The number of likely N-dealkylation sites (N-methyl/N-ethyl adjacent to an activating group) is 1. The van der Waals surface area contributed by atoms with Gasteiger partial charge in [0.1, 0.15) is 11.3 Å². The number of sulfonamides is 1. The molecule has 3 aromatic rings. The number of methoxy groups -OCH3 is 1. The Balaban J connectivity index is 0.00000380. The number of benzene rings is 2. The molecule has 202 valence electrons. The summed E-state index contributed by atoms with van der Waals surface area (Å²) in [4.78, 5) is 22.1. The topological polar surface area (TPSA) is 92.3 Å². The van der Waals surface area contributed by atoms with Gasteiger partial charge in [0.05, 0.1) is 28.9 Å². The van der Waals surface area contributed by atoms with Crippen LogP contribution in [0.1, 0.15) is 24.2 Å². The van der Waals surface area contributed by atoms with Crippen LogP contribution in [0.25, 0.3) is 10.2 Å². The van der Waals surface area contributed by atoms with Gasteiger partial charge in [0.2, 0.25) is 10.0 Å². The second kappa shape index (κ2) is 12.1. The maximum atomic E-state index is 13.6. The van der Waals surface area contributed by atoms with E-state index in [0.29, 0.717) is 48.1 Å². The Kier molecular flexibility index (Phi) is 9.54. The number of halogens is 1. The van der Waals surface area contributed by atoms with Crippen molar-refractivity contribution < 1.29 is 22.7 Å². The summed E-state index contributed by atoms with van der Waals surface area (Å²) in [5.41, 5.74) is 1.10. The number of aromatic nitrogens is 1. The molecule has 1 aromatic heterocycles. The number of hydrogen-bond donors (Lipinski definition) is 0. The van der Waals surface area contributed by atoms with Gasteiger partial charge in [-0.15, -0.1) is 12.4 Å². The number of carbonyl (C=O) groups excluding carboxylic acids is 1. The molecular formula is C25H33ClN4O5S2. The Bertz CT molecular complexity index is 1320. The van der Waals surface area contributed by atoms with Crippen molar-refractivity contribution in [3.63, 3.8) is 0 Å². The molecule has 1 amide bonds. The summed E-state index contributed by atoms with van der Waals surface area (Å²) >= 11 is 1.42. The van der Waals surface area contributed by atoms with Gasteiger partial charge in [-0.2, -0.15) is 4.31 Å². The Hall–Kier alpha value is -2.28. The van der Waals surface area contributed by atoms with E-state index in [1.807, 2.05) is 51.0 Å². The Labute approximate surface area is 228 Å². The minimum atomic E-state index is -3.69. The van der Waals surface area contributed by atoms with Crippen molar-refractivity contribution in [2.24, 2.45) is 0 Å². The predicted octanol–water partition coefficient (Wildman–Crippen LogP) is 3.73. The standard InChI is InChI=1S/C25H32N4O5S2.ClH/c1-17-15-28(16-18(2)34-17)36(31,32)20-11-9-19(10-12-20)24(30)29(14-13-27(3)4)25-26-23-21(33-5)7-6-8-22(23)35-25;/h6-12,17-18H,13-16H2,1-5H3;1H. The molecular weight excluding hydrogens is 536 g/mol. The molecule has 2 aromatic carbocycles. The average molecular weight is 569 g/mol. The molecule has 1 aliphatic rings. The van der Waals surface area contributed by atoms with E-state index in [2.05, 4.69) is 0 Å². The number of hydrogen-bond acceptors (Lipinski definition) is 8. The van der Waals surface area contributed by atoms with Crippen molar-refractivity contribution >= 4 is 55.0 Å². The van der Waals surface area contributed by atoms with Crippen LogP contribution >= 0.6 is 23.7 Å². The molecule has 1 saturated heterocycles. The van der Waals surface area contributed by atoms with Crippen molar-refractivity contribution in [1.82, 2.24) is 14.2 Å². The molecule has 37 heavy (non-hydrogen) atoms. The number of carbonyl (C=O) groups is 1. The van der Waals surface area contributed by atoms with Crippen molar-refractivity contribution in [2.75, 3.05) is 52.3 Å². The third-order valence-electron chi connectivity index (χ3n) is 5.96. The maximum absolute atomic E-state index is 13.6. The molecule has 0 aliphatic carbocycles. The number of rotatable bonds is 8. The van der Waals surface area contributed by atoms with Crippen molar-refractivity contribution in [3.05, 3.63) is 48.0 Å². The first-order valence-electron chi connectivity index (χ1n) is 11.8. The number of ether oxygens (including phenoxy) is 2. The molecule has 0 N–H and O–H groups in total. The molecule has 0 saturated carbocycles. The first kappa shape index (κ1) is 29.3. The Morgan fingerprint density at radius 3 is 2.35 bits per heavy atom. The van der Waals surface area contributed by atoms with E-state index in [4.69, 9.17) is 14.5 Å². The van der Waals surface area contributed by atoms with Crippen molar-refractivity contribution in [2.45, 2.75) is 31.0 Å². The van der Waals surface area contributed by atoms with Crippen LogP contribution in [-0.2, 0) is 14.8 Å². The smallest absolute Gasteiger partial charge is 0.260 e. The zero-order valence-electron chi connectivity index (χ0n) is 21.6. The van der Waals surface area contributed by atoms with Crippen molar-refractivity contribution in [3.8, 4) is 5.75 Å². The SMILES string of the molecule is COc1cccc2sc(N(CCN(C)C)C(=O)c3ccc(S(=O)(=O)N4CC(C)OC(C)C4)cc3)nc12.Cl. The van der Waals surface area contributed by atoms with Gasteiger partial charge >= 0.3 is 0 Å². The number of morpholine rings is 1. The lowest BCUT2D eigenvalue weighted by atomic mass is 10.2. The van der Waals surface area contributed by atoms with Gasteiger partial charge in [-0.05, 0) is 64.3 Å². The van der Waals surface area contributed by atoms with E-state index in [-0.39, 0.29) is 35.4 Å². The number of para-hydroxylation sites is 1. The maximum Gasteiger partial charge on any atom is 0.260 e. The molecule has 2 atom stereocenters. The van der Waals surface area contributed by atoms with Crippen molar-refractivity contribution in [1.29, 1.82) is 0 Å². The fourth-order valence-corrected chi connectivity index (χ4v) is 6.78. The Morgan fingerprint density at radius 1 is 1.11 bits per heavy atom. The lowest BCUT2D eigenvalue weighted by Gasteiger charge is -2.34. The summed E-state index contributed by atoms with van der Waals surface area (Å²) in [6, 6.07) is 11.8. The molecule has 12 heteroatoms. The van der Waals surface area contributed by atoms with E-state index in [0.717, 1.165) is 4.70 Å². The highest BCUT2D eigenvalue weighted by Crippen LogP contribution is 2.34. The molecule has 1 aliphatic heterocycles. The van der Waals surface area contributed by atoms with Crippen LogP contribution < -0.4 is 9.64 Å². The molecule has 1 fully saturated rings. The molecule has 0 bridgehead atoms. The van der Waals surface area contributed by atoms with Crippen LogP contribution in [0.5, 0.6) is 5.75 Å². The van der Waals surface area contributed by atoms with E-state index in [1.54, 1.807) is 24.1 Å². The van der Waals surface area contributed by atoms with Gasteiger partial charge < -0.3 is 14.4 Å². The monoisotopic (exact) mass is 568 g/mol. The van der Waals surface area contributed by atoms with Crippen LogP contribution in [0.15, 0.2) is 47.4 Å². The summed E-state index contributed by atoms with van der Waals surface area (Å²) in [6.45, 7) is 5.38. The first-order valence-corrected chi connectivity index (χ1v) is 14.0. The van der Waals surface area contributed by atoms with Gasteiger partial charge in [-0.3, -0.25) is 9.69 Å². The minimum Gasteiger partial charge on any atom is -0.494 e. The van der Waals surface area contributed by atoms with E-state index >= 15 is 0 Å². The zero-order valence-corrected chi connectivity index (χ0v) is 24.0. The van der Waals surface area contributed by atoms with Crippen LogP contribution in [0.2, 0.25) is 0 Å². The summed E-state index contributed by atoms with van der Waals surface area (Å²) < 4.78 is 39.9. The molecule has 0 spiro atoms. The summed E-state index contributed by atoms with van der Waals surface area (Å²) in [5.74, 6) is 0.406. The lowest BCUT2D eigenvalue weighted by molar-refractivity contribution is -0.0440. The van der Waals surface area contributed by atoms with Gasteiger partial charge in [0, 0.05) is 31.7 Å². The van der Waals surface area contributed by atoms with Gasteiger partial charge in [-0.25, -0.2) is 13.4 Å². The fraction of sp³-hybridized carbons (Fsp3) is 0.440. The molecule has 0 radical (unpaired) electrons. The normalized spacial score (nSPS) is 18.5. The van der Waals surface area contributed by atoms with E-state index in [9.17, 15) is 13.2 Å². The molecule has 9 nitrogen and oxygen atoms in total. The number of anilines is 1. The summed E-state index contributed by atoms with van der Waals surface area (Å²) in [6.07, 6.45) is -0.357. The number of thiazole rings is 1. The highest BCUT2D eigenvalue weighted by molar-refractivity contribution is 7.89. The second-order valence-corrected chi connectivity index (χ2v) is 12.1. The fourth-order valence-electron chi connectivity index (χ4n) is 4.18. The highest BCUT2D eigenvalue weighted by atomic mass is 35.5. The highest BCUT2D eigenvalue weighted by Gasteiger charge is 2.32. The molecule has 2 heterocycles. The third kappa shape index (κ3) is 6.42.